The number of hydrogen-bond donors (Lipinski definition) is 0. The van der Waals surface area contributed by atoms with Crippen LogP contribution in [0.1, 0.15) is 20.8 Å². The first kappa shape index (κ1) is 15.2. The van der Waals surface area contributed by atoms with Gasteiger partial charge >= 0.3 is 0 Å². The molecule has 0 bridgehead atoms. The van der Waals surface area contributed by atoms with Crippen LogP contribution in [0.5, 0.6) is 5.75 Å². The number of anilines is 1. The summed E-state index contributed by atoms with van der Waals surface area (Å²) in [5.41, 5.74) is 1.12. The first-order chi connectivity index (χ1) is 9.42. The molecule has 1 aromatic carbocycles. The molecule has 1 amide bonds. The molecule has 0 aromatic heterocycles. The molecule has 1 aliphatic heterocycles. The van der Waals surface area contributed by atoms with Crippen molar-refractivity contribution in [3.05, 3.63) is 22.7 Å². The zero-order chi connectivity index (χ0) is 14.9. The smallest absolute Gasteiger partial charge is 0.220 e. The predicted molar refractivity (Wildman–Crippen MR) is 84.4 cm³/mol. The lowest BCUT2D eigenvalue weighted by Crippen LogP contribution is -2.58. The van der Waals surface area contributed by atoms with E-state index >= 15 is 0 Å². The third kappa shape index (κ3) is 3.08. The van der Waals surface area contributed by atoms with Crippen molar-refractivity contribution in [1.82, 2.24) is 4.90 Å². The first-order valence-electron chi connectivity index (χ1n) is 6.80. The van der Waals surface area contributed by atoms with E-state index in [9.17, 15) is 4.79 Å². The number of amides is 1. The molecule has 2 rings (SSSR count). The third-order valence-electron chi connectivity index (χ3n) is 3.74. The van der Waals surface area contributed by atoms with E-state index < -0.39 is 0 Å². The Bertz CT molecular complexity index is 495. The third-order valence-corrected chi connectivity index (χ3v) is 4.20. The Labute approximate surface area is 128 Å². The number of ether oxygens (including phenoxy) is 1. The Morgan fingerprint density at radius 3 is 2.35 bits per heavy atom. The number of piperazine rings is 1. The Morgan fingerprint density at radius 2 is 1.85 bits per heavy atom. The monoisotopic (exact) mass is 340 g/mol. The van der Waals surface area contributed by atoms with Crippen LogP contribution in [-0.4, -0.2) is 43.1 Å². The van der Waals surface area contributed by atoms with E-state index in [-0.39, 0.29) is 18.0 Å². The van der Waals surface area contributed by atoms with Gasteiger partial charge in [-0.15, -0.1) is 0 Å². The summed E-state index contributed by atoms with van der Waals surface area (Å²) >= 11 is 3.51. The molecule has 1 saturated heterocycles. The summed E-state index contributed by atoms with van der Waals surface area (Å²) in [6, 6.07) is 6.49. The normalized spacial score (nSPS) is 22.9. The molecule has 0 N–H and O–H groups in total. The van der Waals surface area contributed by atoms with Crippen molar-refractivity contribution in [2.75, 3.05) is 25.1 Å². The number of benzene rings is 1. The second-order valence-electron chi connectivity index (χ2n) is 5.38. The van der Waals surface area contributed by atoms with Gasteiger partial charge in [-0.05, 0) is 26.0 Å². The van der Waals surface area contributed by atoms with Gasteiger partial charge in [0.05, 0.1) is 7.11 Å². The molecule has 1 heterocycles. The minimum Gasteiger partial charge on any atom is -0.497 e. The number of rotatable bonds is 2. The average molecular weight is 341 g/mol. The van der Waals surface area contributed by atoms with Crippen molar-refractivity contribution >= 4 is 27.5 Å². The zero-order valence-electron chi connectivity index (χ0n) is 12.4. The van der Waals surface area contributed by atoms with Crippen LogP contribution in [0.3, 0.4) is 0 Å². The number of carbonyl (C=O) groups is 1. The summed E-state index contributed by atoms with van der Waals surface area (Å²) in [5, 5.41) is 0. The predicted octanol–water partition coefficient (Wildman–Crippen LogP) is 2.90. The summed E-state index contributed by atoms with van der Waals surface area (Å²) < 4.78 is 6.32. The minimum absolute atomic E-state index is 0.150. The van der Waals surface area contributed by atoms with Gasteiger partial charge in [-0.3, -0.25) is 4.79 Å². The van der Waals surface area contributed by atoms with E-state index in [2.05, 4.69) is 40.7 Å². The van der Waals surface area contributed by atoms with Crippen molar-refractivity contribution in [1.29, 1.82) is 0 Å². The van der Waals surface area contributed by atoms with Gasteiger partial charge in [0.1, 0.15) is 5.75 Å². The Balaban J connectivity index is 2.23. The maximum atomic E-state index is 11.7. The van der Waals surface area contributed by atoms with E-state index in [0.717, 1.165) is 29.0 Å². The van der Waals surface area contributed by atoms with E-state index in [1.165, 1.54) is 0 Å². The number of halogens is 1. The van der Waals surface area contributed by atoms with Gasteiger partial charge in [0.15, 0.2) is 0 Å². The fourth-order valence-corrected chi connectivity index (χ4v) is 3.46. The topological polar surface area (TPSA) is 32.8 Å². The van der Waals surface area contributed by atoms with Gasteiger partial charge in [-0.25, -0.2) is 0 Å². The van der Waals surface area contributed by atoms with Crippen molar-refractivity contribution in [2.45, 2.75) is 32.9 Å². The quantitative estimate of drug-likeness (QED) is 0.829. The molecule has 0 saturated carbocycles. The van der Waals surface area contributed by atoms with Crippen LogP contribution >= 0.6 is 15.9 Å². The molecule has 20 heavy (non-hydrogen) atoms. The average Bonchev–Trinajstić information content (AvgIpc) is 2.36. The molecule has 4 nitrogen and oxygen atoms in total. The SMILES string of the molecule is COc1cc(Br)cc(N2C[C@@H](C)N(C(C)=O)[C@@H](C)C2)c1. The van der Waals surface area contributed by atoms with E-state index in [0.29, 0.717) is 0 Å². The molecule has 0 unspecified atom stereocenters. The van der Waals surface area contributed by atoms with Gasteiger partial charge in [0.25, 0.3) is 0 Å². The van der Waals surface area contributed by atoms with Crippen molar-refractivity contribution in [3.8, 4) is 5.75 Å². The number of hydrogen-bond acceptors (Lipinski definition) is 3. The number of nitrogens with zero attached hydrogens (tertiary/aromatic N) is 2. The van der Waals surface area contributed by atoms with Crippen molar-refractivity contribution in [3.63, 3.8) is 0 Å². The molecule has 1 aliphatic rings. The highest BCUT2D eigenvalue weighted by molar-refractivity contribution is 9.10. The summed E-state index contributed by atoms with van der Waals surface area (Å²) in [6.45, 7) is 7.51. The maximum absolute atomic E-state index is 11.7. The first-order valence-corrected chi connectivity index (χ1v) is 7.60. The summed E-state index contributed by atoms with van der Waals surface area (Å²) in [4.78, 5) is 16.0. The second-order valence-corrected chi connectivity index (χ2v) is 6.29. The lowest BCUT2D eigenvalue weighted by atomic mass is 10.1. The summed E-state index contributed by atoms with van der Waals surface area (Å²) in [6.07, 6.45) is 0. The molecule has 110 valence electrons. The van der Waals surface area contributed by atoms with Crippen LogP contribution in [0.15, 0.2) is 22.7 Å². The minimum atomic E-state index is 0.150. The lowest BCUT2D eigenvalue weighted by Gasteiger charge is -2.45. The highest BCUT2D eigenvalue weighted by atomic mass is 79.9. The van der Waals surface area contributed by atoms with E-state index in [1.54, 1.807) is 14.0 Å². The zero-order valence-corrected chi connectivity index (χ0v) is 14.0. The molecule has 0 spiro atoms. The summed E-state index contributed by atoms with van der Waals surface area (Å²) in [7, 11) is 1.67. The molecule has 0 aliphatic carbocycles. The van der Waals surface area contributed by atoms with Gasteiger partial charge < -0.3 is 14.5 Å². The van der Waals surface area contributed by atoms with Crippen LogP contribution in [0, 0.1) is 0 Å². The molecule has 0 radical (unpaired) electrons. The summed E-state index contributed by atoms with van der Waals surface area (Å²) in [5.74, 6) is 0.986. The Kier molecular flexibility index (Phi) is 4.58. The molecule has 5 heteroatoms. The fourth-order valence-electron chi connectivity index (χ4n) is 3.00. The number of carbonyl (C=O) groups excluding carboxylic acids is 1. The van der Waals surface area contributed by atoms with Crippen LogP contribution in [0.25, 0.3) is 0 Å². The van der Waals surface area contributed by atoms with Crippen LogP contribution in [0.2, 0.25) is 0 Å². The molecule has 1 fully saturated rings. The van der Waals surface area contributed by atoms with E-state index in [1.807, 2.05) is 17.0 Å². The number of methoxy groups -OCH3 is 1. The van der Waals surface area contributed by atoms with Gasteiger partial charge in [0.2, 0.25) is 5.91 Å². The maximum Gasteiger partial charge on any atom is 0.220 e. The standard InChI is InChI=1S/C15H21BrN2O2/c1-10-8-17(9-11(2)18(10)12(3)19)14-5-13(16)6-15(7-14)20-4/h5-7,10-11H,8-9H2,1-4H3/t10-,11+. The van der Waals surface area contributed by atoms with E-state index in [4.69, 9.17) is 4.74 Å². The Hall–Kier alpha value is -1.23. The van der Waals surface area contributed by atoms with Crippen LogP contribution in [0.4, 0.5) is 5.69 Å². The Morgan fingerprint density at radius 1 is 1.25 bits per heavy atom. The molecule has 2 atom stereocenters. The molecular formula is C15H21BrN2O2. The largest absolute Gasteiger partial charge is 0.497 e. The van der Waals surface area contributed by atoms with Crippen molar-refractivity contribution in [2.24, 2.45) is 0 Å². The van der Waals surface area contributed by atoms with Crippen LogP contribution < -0.4 is 9.64 Å². The van der Waals surface area contributed by atoms with Crippen molar-refractivity contribution < 1.29 is 9.53 Å². The highest BCUT2D eigenvalue weighted by Crippen LogP contribution is 2.29. The highest BCUT2D eigenvalue weighted by Gasteiger charge is 2.31. The second kappa shape index (κ2) is 6.04. The van der Waals surface area contributed by atoms with Gasteiger partial charge in [-0.1, -0.05) is 15.9 Å². The van der Waals surface area contributed by atoms with Gasteiger partial charge in [-0.2, -0.15) is 0 Å². The fraction of sp³-hybridized carbons (Fsp3) is 0.533. The van der Waals surface area contributed by atoms with Gasteiger partial charge in [0, 0.05) is 48.3 Å². The molecule has 1 aromatic rings. The van der Waals surface area contributed by atoms with Crippen LogP contribution in [-0.2, 0) is 4.79 Å². The molecular weight excluding hydrogens is 320 g/mol. The lowest BCUT2D eigenvalue weighted by molar-refractivity contribution is -0.133.